The molecule has 0 saturated carbocycles. The second-order valence-electron chi connectivity index (χ2n) is 6.02. The summed E-state index contributed by atoms with van der Waals surface area (Å²) >= 11 is 0. The Morgan fingerprint density at radius 2 is 1.79 bits per heavy atom. The van der Waals surface area contributed by atoms with Gasteiger partial charge in [0.1, 0.15) is 11.6 Å². The number of nitrogens with two attached hydrogens (primary N) is 2. The number of benzene rings is 2. The van der Waals surface area contributed by atoms with Gasteiger partial charge in [0.15, 0.2) is 0 Å². The first kappa shape index (κ1) is 17.3. The highest BCUT2D eigenvalue weighted by Crippen LogP contribution is 2.26. The molecule has 28 heavy (non-hydrogen) atoms. The summed E-state index contributed by atoms with van der Waals surface area (Å²) < 4.78 is 11.3. The molecule has 0 saturated heterocycles. The van der Waals surface area contributed by atoms with E-state index in [4.69, 9.17) is 20.6 Å². The van der Waals surface area contributed by atoms with Crippen molar-refractivity contribution in [1.29, 1.82) is 0 Å². The number of nitrogens with zero attached hydrogens (tertiary/aromatic N) is 4. The summed E-state index contributed by atoms with van der Waals surface area (Å²) in [5.41, 5.74) is 14.0. The number of rotatable bonds is 5. The molecule has 9 heteroatoms. The van der Waals surface area contributed by atoms with Crippen LogP contribution in [0.2, 0.25) is 0 Å². The first-order chi connectivity index (χ1) is 13.5. The van der Waals surface area contributed by atoms with Crippen LogP contribution < -0.4 is 21.5 Å². The third-order valence-corrected chi connectivity index (χ3v) is 3.76. The quantitative estimate of drug-likeness (QED) is 0.478. The summed E-state index contributed by atoms with van der Waals surface area (Å²) in [6, 6.07) is 16.8. The van der Waals surface area contributed by atoms with Crippen molar-refractivity contribution in [3.05, 3.63) is 60.2 Å². The number of ether oxygens (including phenoxy) is 1. The third-order valence-electron chi connectivity index (χ3n) is 3.76. The van der Waals surface area contributed by atoms with E-state index < -0.39 is 0 Å². The molecule has 4 aromatic rings. The van der Waals surface area contributed by atoms with Crippen molar-refractivity contribution >= 4 is 23.5 Å². The summed E-state index contributed by atoms with van der Waals surface area (Å²) in [7, 11) is 0. The van der Waals surface area contributed by atoms with E-state index in [1.54, 1.807) is 24.3 Å². The highest BCUT2D eigenvalue weighted by atomic mass is 16.5. The van der Waals surface area contributed by atoms with Crippen LogP contribution in [-0.2, 0) is 0 Å². The van der Waals surface area contributed by atoms with E-state index in [2.05, 4.69) is 25.5 Å². The number of hydrogen-bond acceptors (Lipinski definition) is 9. The highest BCUT2D eigenvalue weighted by molar-refractivity contribution is 5.58. The Labute approximate surface area is 160 Å². The Kier molecular flexibility index (Phi) is 4.47. The molecule has 0 atom stereocenters. The molecule has 0 radical (unpaired) electrons. The van der Waals surface area contributed by atoms with Gasteiger partial charge in [-0.2, -0.15) is 9.97 Å². The van der Waals surface area contributed by atoms with Gasteiger partial charge in [-0.3, -0.25) is 0 Å². The number of aryl methyl sites for hydroxylation is 1. The Morgan fingerprint density at radius 1 is 0.964 bits per heavy atom. The van der Waals surface area contributed by atoms with Crippen molar-refractivity contribution in [2.45, 2.75) is 6.92 Å². The molecule has 0 amide bonds. The average molecular weight is 375 g/mol. The summed E-state index contributed by atoms with van der Waals surface area (Å²) in [5.74, 6) is 1.49. The zero-order valence-electron chi connectivity index (χ0n) is 15.0. The van der Waals surface area contributed by atoms with Gasteiger partial charge in [-0.25, -0.2) is 0 Å². The van der Waals surface area contributed by atoms with Crippen LogP contribution in [0.1, 0.15) is 5.56 Å². The van der Waals surface area contributed by atoms with Crippen molar-refractivity contribution in [3.8, 4) is 23.1 Å². The minimum Gasteiger partial charge on any atom is -0.439 e. The van der Waals surface area contributed by atoms with Crippen LogP contribution in [0.5, 0.6) is 11.6 Å². The first-order valence-electron chi connectivity index (χ1n) is 8.41. The lowest BCUT2D eigenvalue weighted by Crippen LogP contribution is -2.00. The van der Waals surface area contributed by atoms with Crippen molar-refractivity contribution in [2.24, 2.45) is 0 Å². The fraction of sp³-hybridized carbons (Fsp3) is 0.0526. The molecule has 140 valence electrons. The molecule has 9 nitrogen and oxygen atoms in total. The fourth-order valence-corrected chi connectivity index (χ4v) is 2.54. The zero-order chi connectivity index (χ0) is 19.5. The van der Waals surface area contributed by atoms with Gasteiger partial charge in [-0.1, -0.05) is 17.2 Å². The third kappa shape index (κ3) is 3.98. The van der Waals surface area contributed by atoms with Crippen LogP contribution in [0.25, 0.3) is 11.5 Å². The molecule has 2 aromatic heterocycles. The molecular formula is C19H17N7O2. The first-order valence-corrected chi connectivity index (χ1v) is 8.41. The van der Waals surface area contributed by atoms with Crippen LogP contribution in [0.3, 0.4) is 0 Å². The molecule has 0 bridgehead atoms. The molecule has 0 aliphatic carbocycles. The molecule has 0 spiro atoms. The molecule has 4 rings (SSSR count). The molecule has 2 aromatic carbocycles. The average Bonchev–Trinajstić information content (AvgIpc) is 3.10. The normalized spacial score (nSPS) is 10.6. The Balaban J connectivity index is 1.47. The Hall–Kier alpha value is -4.14. The summed E-state index contributed by atoms with van der Waals surface area (Å²) in [5, 5.41) is 11.2. The molecule has 0 fully saturated rings. The minimum atomic E-state index is 0.0473. The van der Waals surface area contributed by atoms with E-state index in [9.17, 15) is 0 Å². The van der Waals surface area contributed by atoms with Gasteiger partial charge in [0, 0.05) is 17.3 Å². The molecule has 5 N–H and O–H groups in total. The van der Waals surface area contributed by atoms with E-state index in [1.807, 2.05) is 31.2 Å². The molecule has 0 aliphatic rings. The number of aromatic nitrogens is 4. The standard InChI is InChI=1S/C19H17N7O2/c1-11-3-2-4-13(9-11)22-19-26-25-17(28-19)12-5-7-14(8-6-12)27-16-10-15(20)23-18(21)24-16/h2-10H,1H3,(H,22,26)(H4,20,21,23,24). The maximum Gasteiger partial charge on any atom is 0.320 e. The lowest BCUT2D eigenvalue weighted by Gasteiger charge is -2.06. The van der Waals surface area contributed by atoms with E-state index >= 15 is 0 Å². The second-order valence-corrected chi connectivity index (χ2v) is 6.02. The van der Waals surface area contributed by atoms with Crippen LogP contribution in [0.15, 0.2) is 59.0 Å². The molecule has 0 aliphatic heterocycles. The van der Waals surface area contributed by atoms with Crippen LogP contribution in [0.4, 0.5) is 23.5 Å². The number of anilines is 4. The van der Waals surface area contributed by atoms with E-state index in [0.717, 1.165) is 16.8 Å². The lowest BCUT2D eigenvalue weighted by molar-refractivity contribution is 0.463. The van der Waals surface area contributed by atoms with Gasteiger partial charge < -0.3 is 25.9 Å². The minimum absolute atomic E-state index is 0.0473. The van der Waals surface area contributed by atoms with Gasteiger partial charge in [0.25, 0.3) is 0 Å². The van der Waals surface area contributed by atoms with Crippen LogP contribution >= 0.6 is 0 Å². The lowest BCUT2D eigenvalue weighted by atomic mass is 10.2. The van der Waals surface area contributed by atoms with Gasteiger partial charge >= 0.3 is 6.01 Å². The largest absolute Gasteiger partial charge is 0.439 e. The van der Waals surface area contributed by atoms with Gasteiger partial charge in [0.2, 0.25) is 17.7 Å². The monoisotopic (exact) mass is 375 g/mol. The molecule has 2 heterocycles. The topological polar surface area (TPSA) is 138 Å². The fourth-order valence-electron chi connectivity index (χ4n) is 2.54. The number of hydrogen-bond donors (Lipinski definition) is 3. The molecule has 0 unspecified atom stereocenters. The van der Waals surface area contributed by atoms with Crippen LogP contribution in [0, 0.1) is 6.92 Å². The maximum atomic E-state index is 5.68. The second kappa shape index (κ2) is 7.23. The van der Waals surface area contributed by atoms with Gasteiger partial charge in [-0.15, -0.1) is 5.10 Å². The SMILES string of the molecule is Cc1cccc(Nc2nnc(-c3ccc(Oc4cc(N)nc(N)n4)cc3)o2)c1. The summed E-state index contributed by atoms with van der Waals surface area (Å²) in [4.78, 5) is 7.77. The Morgan fingerprint density at radius 3 is 2.54 bits per heavy atom. The van der Waals surface area contributed by atoms with Gasteiger partial charge in [-0.05, 0) is 48.9 Å². The molecular weight excluding hydrogens is 358 g/mol. The maximum absolute atomic E-state index is 5.68. The highest BCUT2D eigenvalue weighted by Gasteiger charge is 2.10. The van der Waals surface area contributed by atoms with Crippen molar-refractivity contribution in [3.63, 3.8) is 0 Å². The van der Waals surface area contributed by atoms with Crippen molar-refractivity contribution in [1.82, 2.24) is 20.2 Å². The predicted molar refractivity (Wildman–Crippen MR) is 105 cm³/mol. The summed E-state index contributed by atoms with van der Waals surface area (Å²) in [6.45, 7) is 2.01. The summed E-state index contributed by atoms with van der Waals surface area (Å²) in [6.07, 6.45) is 0. The van der Waals surface area contributed by atoms with E-state index in [-0.39, 0.29) is 17.6 Å². The van der Waals surface area contributed by atoms with Crippen molar-refractivity contribution in [2.75, 3.05) is 16.8 Å². The van der Waals surface area contributed by atoms with E-state index in [1.165, 1.54) is 6.07 Å². The smallest absolute Gasteiger partial charge is 0.320 e. The number of nitrogens with one attached hydrogen (secondary N) is 1. The predicted octanol–water partition coefficient (Wildman–Crippen LogP) is 3.54. The van der Waals surface area contributed by atoms with Crippen molar-refractivity contribution < 1.29 is 9.15 Å². The van der Waals surface area contributed by atoms with Crippen LogP contribution in [-0.4, -0.2) is 20.2 Å². The zero-order valence-corrected chi connectivity index (χ0v) is 15.0. The number of nitrogen functional groups attached to an aromatic ring is 2. The Bertz CT molecular complexity index is 1090. The van der Waals surface area contributed by atoms with Gasteiger partial charge in [0.05, 0.1) is 0 Å². The van der Waals surface area contributed by atoms with E-state index in [0.29, 0.717) is 17.7 Å².